The topological polar surface area (TPSA) is 141 Å². The highest BCUT2D eigenvalue weighted by Crippen LogP contribution is 2.62. The fourth-order valence-electron chi connectivity index (χ4n) is 6.75. The quantitative estimate of drug-likeness (QED) is 0.380. The minimum atomic E-state index is -1.26. The van der Waals surface area contributed by atoms with E-state index in [4.69, 9.17) is 0 Å². The lowest BCUT2D eigenvalue weighted by atomic mass is 9.46. The molecule has 0 aliphatic heterocycles. The highest BCUT2D eigenvalue weighted by atomic mass is 16.6. The second-order valence-electron chi connectivity index (χ2n) is 10.1. The van der Waals surface area contributed by atoms with E-state index in [9.17, 15) is 25.3 Å². The molecule has 9 heteroatoms. The SMILES string of the molecule is N#CC12CC3CC(C1)C(CNc1c(C(=O)O)cnc(NCc4ccccc4)c1[N+](=O)[O-])C(C3)C2. The molecule has 4 aliphatic carbocycles. The number of hydrogen-bond donors (Lipinski definition) is 3. The Labute approximate surface area is 197 Å². The van der Waals surface area contributed by atoms with Gasteiger partial charge in [-0.05, 0) is 61.3 Å². The minimum Gasteiger partial charge on any atom is -0.478 e. The Morgan fingerprint density at radius 2 is 1.91 bits per heavy atom. The van der Waals surface area contributed by atoms with E-state index in [0.29, 0.717) is 30.8 Å². The number of rotatable bonds is 8. The third-order valence-corrected chi connectivity index (χ3v) is 7.99. The number of nitrogens with one attached hydrogen (secondary N) is 2. The van der Waals surface area contributed by atoms with Crippen molar-refractivity contribution in [2.45, 2.75) is 38.6 Å². The van der Waals surface area contributed by atoms with E-state index in [1.54, 1.807) is 0 Å². The number of aromatic carboxylic acids is 1. The molecule has 9 nitrogen and oxygen atoms in total. The van der Waals surface area contributed by atoms with Gasteiger partial charge in [-0.25, -0.2) is 9.78 Å². The van der Waals surface area contributed by atoms with Gasteiger partial charge in [0.1, 0.15) is 11.3 Å². The Bertz CT molecular complexity index is 1150. The summed E-state index contributed by atoms with van der Waals surface area (Å²) in [6, 6.07) is 12.0. The maximum atomic E-state index is 12.1. The lowest BCUT2D eigenvalue weighted by molar-refractivity contribution is -0.383. The van der Waals surface area contributed by atoms with Crippen molar-refractivity contribution in [1.82, 2.24) is 4.98 Å². The Hall–Kier alpha value is -3.67. The number of carbonyl (C=O) groups is 1. The molecule has 0 radical (unpaired) electrons. The zero-order valence-corrected chi connectivity index (χ0v) is 18.7. The Kier molecular flexibility index (Phi) is 5.60. The fourth-order valence-corrected chi connectivity index (χ4v) is 6.75. The zero-order valence-electron chi connectivity index (χ0n) is 18.7. The molecule has 4 fully saturated rings. The molecule has 1 aromatic heterocycles. The largest absolute Gasteiger partial charge is 0.478 e. The maximum absolute atomic E-state index is 12.1. The molecule has 1 heterocycles. The summed E-state index contributed by atoms with van der Waals surface area (Å²) in [6.45, 7) is 0.776. The minimum absolute atomic E-state index is 0.00753. The summed E-state index contributed by atoms with van der Waals surface area (Å²) < 4.78 is 0. The molecular weight excluding hydrogens is 434 g/mol. The molecule has 0 amide bonds. The molecular formula is C25H27N5O4. The Balaban J connectivity index is 1.40. The maximum Gasteiger partial charge on any atom is 0.339 e. The molecule has 4 bridgehead atoms. The number of aromatic nitrogens is 1. The van der Waals surface area contributed by atoms with Crippen LogP contribution in [0.5, 0.6) is 0 Å². The van der Waals surface area contributed by atoms with Crippen LogP contribution >= 0.6 is 0 Å². The summed E-state index contributed by atoms with van der Waals surface area (Å²) in [4.78, 5) is 27.5. The van der Waals surface area contributed by atoms with Crippen LogP contribution < -0.4 is 10.6 Å². The first kappa shape index (κ1) is 22.1. The lowest BCUT2D eigenvalue weighted by Crippen LogP contribution is -2.52. The highest BCUT2D eigenvalue weighted by Gasteiger charge is 2.55. The van der Waals surface area contributed by atoms with Crippen molar-refractivity contribution in [3.8, 4) is 6.07 Å². The van der Waals surface area contributed by atoms with E-state index < -0.39 is 10.9 Å². The Morgan fingerprint density at radius 1 is 1.21 bits per heavy atom. The van der Waals surface area contributed by atoms with Crippen molar-refractivity contribution >= 4 is 23.2 Å². The van der Waals surface area contributed by atoms with Crippen molar-refractivity contribution in [3.05, 3.63) is 57.8 Å². The number of anilines is 2. The molecule has 3 N–H and O–H groups in total. The molecule has 4 saturated carbocycles. The summed E-state index contributed by atoms with van der Waals surface area (Å²) >= 11 is 0. The summed E-state index contributed by atoms with van der Waals surface area (Å²) in [5.74, 6) is 0.419. The lowest BCUT2D eigenvalue weighted by Gasteiger charge is -2.57. The van der Waals surface area contributed by atoms with E-state index in [1.807, 2.05) is 30.3 Å². The van der Waals surface area contributed by atoms with E-state index >= 15 is 0 Å². The number of pyridine rings is 1. The van der Waals surface area contributed by atoms with Crippen LogP contribution in [0.4, 0.5) is 17.2 Å². The van der Waals surface area contributed by atoms with Gasteiger partial charge in [-0.1, -0.05) is 30.3 Å². The van der Waals surface area contributed by atoms with Crippen LogP contribution in [-0.2, 0) is 6.54 Å². The van der Waals surface area contributed by atoms with Gasteiger partial charge in [-0.3, -0.25) is 10.1 Å². The van der Waals surface area contributed by atoms with Gasteiger partial charge in [0, 0.05) is 19.3 Å². The molecule has 2 aromatic rings. The molecule has 0 saturated heterocycles. The number of carboxylic acid groups (broad SMARTS) is 1. The first-order chi connectivity index (χ1) is 16.4. The van der Waals surface area contributed by atoms with E-state index in [2.05, 4.69) is 21.7 Å². The van der Waals surface area contributed by atoms with Crippen LogP contribution in [0, 0.1) is 50.5 Å². The van der Waals surface area contributed by atoms with Gasteiger partial charge in [0.2, 0.25) is 5.82 Å². The fraction of sp³-hybridized carbons (Fsp3) is 0.480. The number of nitrogens with zero attached hydrogens (tertiary/aromatic N) is 3. The van der Waals surface area contributed by atoms with Crippen LogP contribution in [0.25, 0.3) is 0 Å². The van der Waals surface area contributed by atoms with Crippen molar-refractivity contribution in [1.29, 1.82) is 5.26 Å². The predicted molar refractivity (Wildman–Crippen MR) is 125 cm³/mol. The highest BCUT2D eigenvalue weighted by molar-refractivity contribution is 5.98. The molecule has 4 aliphatic rings. The zero-order chi connectivity index (χ0) is 23.9. The monoisotopic (exact) mass is 461 g/mol. The number of carboxylic acids is 1. The van der Waals surface area contributed by atoms with Crippen LogP contribution in [0.1, 0.15) is 48.0 Å². The molecule has 1 aromatic carbocycles. The van der Waals surface area contributed by atoms with Crippen molar-refractivity contribution in [2.75, 3.05) is 17.2 Å². The van der Waals surface area contributed by atoms with Gasteiger partial charge in [0.05, 0.1) is 16.4 Å². The number of nitriles is 1. The summed E-state index contributed by atoms with van der Waals surface area (Å²) in [5.41, 5.74) is 0.140. The second-order valence-corrected chi connectivity index (χ2v) is 10.1. The third-order valence-electron chi connectivity index (χ3n) is 7.99. The summed E-state index contributed by atoms with van der Waals surface area (Å²) in [5, 5.41) is 37.7. The van der Waals surface area contributed by atoms with Crippen LogP contribution in [-0.4, -0.2) is 27.5 Å². The van der Waals surface area contributed by atoms with Crippen molar-refractivity contribution in [3.63, 3.8) is 0 Å². The average Bonchev–Trinajstić information content (AvgIpc) is 2.82. The van der Waals surface area contributed by atoms with E-state index in [1.165, 1.54) is 6.20 Å². The first-order valence-electron chi connectivity index (χ1n) is 11.7. The standard InChI is InChI=1S/C25H27N5O4/c26-14-25-8-16-6-17(9-25)19(18(7-16)10-25)12-27-21-20(24(31)32)13-29-23(22(21)30(33)34)28-11-15-4-2-1-3-5-15/h1-5,13,16-19H,6-12H2,(H,31,32)(H2,27,28,29). The number of hydrogen-bond acceptors (Lipinski definition) is 7. The molecule has 34 heavy (non-hydrogen) atoms. The van der Waals surface area contributed by atoms with Gasteiger partial charge in [-0.15, -0.1) is 0 Å². The van der Waals surface area contributed by atoms with Gasteiger partial charge < -0.3 is 15.7 Å². The molecule has 2 atom stereocenters. The second kappa shape index (κ2) is 8.60. The van der Waals surface area contributed by atoms with Crippen molar-refractivity contribution < 1.29 is 14.8 Å². The van der Waals surface area contributed by atoms with Crippen molar-refractivity contribution in [2.24, 2.45) is 29.1 Å². The third kappa shape index (κ3) is 3.94. The normalized spacial score (nSPS) is 28.8. The van der Waals surface area contributed by atoms with Gasteiger partial charge in [-0.2, -0.15) is 5.26 Å². The molecule has 2 unspecified atom stereocenters. The predicted octanol–water partition coefficient (Wildman–Crippen LogP) is 4.68. The molecule has 176 valence electrons. The molecule has 6 rings (SSSR count). The van der Waals surface area contributed by atoms with Gasteiger partial charge in [0.25, 0.3) is 0 Å². The van der Waals surface area contributed by atoms with E-state index in [0.717, 1.165) is 37.7 Å². The Morgan fingerprint density at radius 3 is 2.53 bits per heavy atom. The van der Waals surface area contributed by atoms with Crippen LogP contribution in [0.2, 0.25) is 0 Å². The first-order valence-corrected chi connectivity index (χ1v) is 11.7. The smallest absolute Gasteiger partial charge is 0.339 e. The molecule has 0 spiro atoms. The van der Waals surface area contributed by atoms with Crippen LogP contribution in [0.15, 0.2) is 36.5 Å². The summed E-state index contributed by atoms with van der Waals surface area (Å²) in [7, 11) is 0. The number of benzene rings is 1. The van der Waals surface area contributed by atoms with Gasteiger partial charge in [0.15, 0.2) is 0 Å². The number of nitro groups is 1. The average molecular weight is 462 g/mol. The van der Waals surface area contributed by atoms with Gasteiger partial charge >= 0.3 is 11.7 Å². The van der Waals surface area contributed by atoms with Crippen LogP contribution in [0.3, 0.4) is 0 Å². The van der Waals surface area contributed by atoms with E-state index in [-0.39, 0.29) is 34.1 Å². The summed E-state index contributed by atoms with van der Waals surface area (Å²) in [6.07, 6.45) is 6.08.